The van der Waals surface area contributed by atoms with Gasteiger partial charge in [0, 0.05) is 18.1 Å². The van der Waals surface area contributed by atoms with Gasteiger partial charge in [0.15, 0.2) is 0 Å². The van der Waals surface area contributed by atoms with Crippen LogP contribution in [0.15, 0.2) is 48.8 Å². The van der Waals surface area contributed by atoms with Crippen LogP contribution in [-0.4, -0.2) is 9.97 Å². The topological polar surface area (TPSA) is 51.8 Å². The van der Waals surface area contributed by atoms with Gasteiger partial charge in [-0.15, -0.1) is 0 Å². The van der Waals surface area contributed by atoms with Crippen LogP contribution in [0.4, 0.5) is 5.82 Å². The molecule has 0 aliphatic carbocycles. The number of aryl methyl sites for hydroxylation is 1. The van der Waals surface area contributed by atoms with Gasteiger partial charge >= 0.3 is 0 Å². The highest BCUT2D eigenvalue weighted by atomic mass is 14.8. The molecule has 2 rings (SSSR count). The highest BCUT2D eigenvalue weighted by Crippen LogP contribution is 1.89. The van der Waals surface area contributed by atoms with Crippen LogP contribution in [0.2, 0.25) is 0 Å². The molecule has 2 aromatic rings. The monoisotopic (exact) mass is 187 g/mol. The molecule has 3 nitrogen and oxygen atoms in total. The standard InChI is InChI=1S/C6H7N.C5H6N2/c1-6-4-2-3-5-7-6;6-5-3-1-2-4-7-5/h2-5H,1H3;1-4H,(H2,6,7). The minimum Gasteiger partial charge on any atom is -0.384 e. The largest absolute Gasteiger partial charge is 0.384 e. The zero-order valence-electron chi connectivity index (χ0n) is 8.09. The van der Waals surface area contributed by atoms with Crippen molar-refractivity contribution >= 4 is 5.82 Å². The summed E-state index contributed by atoms with van der Waals surface area (Å²) in [7, 11) is 0. The second-order valence-corrected chi connectivity index (χ2v) is 2.73. The number of anilines is 1. The van der Waals surface area contributed by atoms with Crippen LogP contribution in [-0.2, 0) is 0 Å². The Morgan fingerprint density at radius 3 is 1.79 bits per heavy atom. The molecule has 2 aromatic heterocycles. The summed E-state index contributed by atoms with van der Waals surface area (Å²) >= 11 is 0. The summed E-state index contributed by atoms with van der Waals surface area (Å²) in [6.07, 6.45) is 3.45. The fraction of sp³-hybridized carbons (Fsp3) is 0.0909. The zero-order valence-corrected chi connectivity index (χ0v) is 8.09. The van der Waals surface area contributed by atoms with Crippen molar-refractivity contribution in [2.45, 2.75) is 6.92 Å². The molecule has 2 heterocycles. The summed E-state index contributed by atoms with van der Waals surface area (Å²) in [5, 5.41) is 0. The van der Waals surface area contributed by atoms with Crippen LogP contribution < -0.4 is 5.73 Å². The lowest BCUT2D eigenvalue weighted by Gasteiger charge is -1.82. The summed E-state index contributed by atoms with van der Waals surface area (Å²) in [6.45, 7) is 1.97. The quantitative estimate of drug-likeness (QED) is 0.686. The molecule has 0 fully saturated rings. The molecule has 0 aliphatic rings. The molecule has 0 amide bonds. The first-order valence-corrected chi connectivity index (χ1v) is 4.33. The summed E-state index contributed by atoms with van der Waals surface area (Å²) < 4.78 is 0. The Morgan fingerprint density at radius 2 is 1.57 bits per heavy atom. The van der Waals surface area contributed by atoms with E-state index in [1.54, 1.807) is 18.5 Å². The van der Waals surface area contributed by atoms with E-state index in [1.807, 2.05) is 37.3 Å². The third-order valence-corrected chi connectivity index (χ3v) is 1.50. The van der Waals surface area contributed by atoms with Gasteiger partial charge in [-0.3, -0.25) is 4.98 Å². The number of pyridine rings is 2. The average Bonchev–Trinajstić information content (AvgIpc) is 2.21. The first-order valence-electron chi connectivity index (χ1n) is 4.33. The van der Waals surface area contributed by atoms with E-state index in [0.717, 1.165) is 5.69 Å². The van der Waals surface area contributed by atoms with Crippen molar-refractivity contribution in [2.75, 3.05) is 5.73 Å². The Bertz CT molecular complexity index is 308. The Hall–Kier alpha value is -1.90. The van der Waals surface area contributed by atoms with E-state index in [-0.39, 0.29) is 0 Å². The van der Waals surface area contributed by atoms with Crippen LogP contribution in [0.25, 0.3) is 0 Å². The van der Waals surface area contributed by atoms with E-state index in [0.29, 0.717) is 5.82 Å². The van der Waals surface area contributed by atoms with Crippen molar-refractivity contribution in [1.82, 2.24) is 9.97 Å². The molecule has 72 valence electrons. The molecule has 0 spiro atoms. The molecule has 0 aromatic carbocycles. The molecule has 0 bridgehead atoms. The molecular weight excluding hydrogens is 174 g/mol. The van der Waals surface area contributed by atoms with Crippen LogP contribution >= 0.6 is 0 Å². The third kappa shape index (κ3) is 4.21. The molecule has 0 unspecified atom stereocenters. The second kappa shape index (κ2) is 5.70. The minimum atomic E-state index is 0.572. The molecule has 14 heavy (non-hydrogen) atoms. The van der Waals surface area contributed by atoms with Crippen molar-refractivity contribution in [3.8, 4) is 0 Å². The Morgan fingerprint density at radius 1 is 0.929 bits per heavy atom. The van der Waals surface area contributed by atoms with Crippen molar-refractivity contribution in [3.63, 3.8) is 0 Å². The van der Waals surface area contributed by atoms with Gasteiger partial charge in [-0.25, -0.2) is 4.98 Å². The maximum Gasteiger partial charge on any atom is 0.123 e. The van der Waals surface area contributed by atoms with Gasteiger partial charge in [-0.2, -0.15) is 0 Å². The van der Waals surface area contributed by atoms with Gasteiger partial charge < -0.3 is 5.73 Å². The summed E-state index contributed by atoms with van der Waals surface area (Å²) in [5.74, 6) is 0.572. The van der Waals surface area contributed by atoms with Crippen molar-refractivity contribution in [1.29, 1.82) is 0 Å². The van der Waals surface area contributed by atoms with Crippen LogP contribution in [0.1, 0.15) is 5.69 Å². The molecule has 2 N–H and O–H groups in total. The number of hydrogen-bond acceptors (Lipinski definition) is 3. The van der Waals surface area contributed by atoms with E-state index >= 15 is 0 Å². The van der Waals surface area contributed by atoms with E-state index in [9.17, 15) is 0 Å². The highest BCUT2D eigenvalue weighted by Gasteiger charge is 1.74. The van der Waals surface area contributed by atoms with Gasteiger partial charge in [0.05, 0.1) is 0 Å². The predicted octanol–water partition coefficient (Wildman–Crippen LogP) is 2.05. The van der Waals surface area contributed by atoms with Crippen LogP contribution in [0.5, 0.6) is 0 Å². The van der Waals surface area contributed by atoms with Crippen molar-refractivity contribution in [3.05, 3.63) is 54.5 Å². The Labute approximate surface area is 83.6 Å². The van der Waals surface area contributed by atoms with Crippen molar-refractivity contribution in [2.24, 2.45) is 0 Å². The van der Waals surface area contributed by atoms with Gasteiger partial charge in [-0.1, -0.05) is 12.1 Å². The van der Waals surface area contributed by atoms with Crippen LogP contribution in [0, 0.1) is 6.92 Å². The van der Waals surface area contributed by atoms with E-state index < -0.39 is 0 Å². The summed E-state index contributed by atoms with van der Waals surface area (Å²) in [5.41, 5.74) is 6.32. The van der Waals surface area contributed by atoms with Gasteiger partial charge in [0.25, 0.3) is 0 Å². The van der Waals surface area contributed by atoms with Gasteiger partial charge in [0.1, 0.15) is 5.82 Å². The maximum atomic E-state index is 5.25. The smallest absolute Gasteiger partial charge is 0.123 e. The Kier molecular flexibility index (Phi) is 4.14. The van der Waals surface area contributed by atoms with E-state index in [1.165, 1.54) is 0 Å². The summed E-state index contributed by atoms with van der Waals surface area (Å²) in [4.78, 5) is 7.74. The number of nitrogens with zero attached hydrogens (tertiary/aromatic N) is 2. The molecule has 0 saturated carbocycles. The molecule has 0 radical (unpaired) electrons. The molecule has 0 saturated heterocycles. The number of nitrogens with two attached hydrogens (primary N) is 1. The number of nitrogen functional groups attached to an aromatic ring is 1. The molecule has 3 heteroatoms. The fourth-order valence-corrected chi connectivity index (χ4v) is 0.824. The number of hydrogen-bond donors (Lipinski definition) is 1. The average molecular weight is 187 g/mol. The summed E-state index contributed by atoms with van der Waals surface area (Å²) in [6, 6.07) is 11.3. The third-order valence-electron chi connectivity index (χ3n) is 1.50. The number of aromatic nitrogens is 2. The predicted molar refractivity (Wildman–Crippen MR) is 57.6 cm³/mol. The number of rotatable bonds is 0. The minimum absolute atomic E-state index is 0.572. The first kappa shape index (κ1) is 10.2. The highest BCUT2D eigenvalue weighted by molar-refractivity contribution is 5.25. The first-order chi connectivity index (χ1) is 6.79. The van der Waals surface area contributed by atoms with E-state index in [4.69, 9.17) is 5.73 Å². The second-order valence-electron chi connectivity index (χ2n) is 2.73. The lowest BCUT2D eigenvalue weighted by molar-refractivity contribution is 1.20. The lowest BCUT2D eigenvalue weighted by Crippen LogP contribution is -1.85. The van der Waals surface area contributed by atoms with Gasteiger partial charge in [-0.05, 0) is 31.2 Å². The normalized spacial score (nSPS) is 8.64. The van der Waals surface area contributed by atoms with Gasteiger partial charge in [0.2, 0.25) is 0 Å². The van der Waals surface area contributed by atoms with Crippen molar-refractivity contribution < 1.29 is 0 Å². The molecule has 0 atom stereocenters. The maximum absolute atomic E-state index is 5.25. The Balaban J connectivity index is 0.000000140. The zero-order chi connectivity index (χ0) is 10.2. The SMILES string of the molecule is Cc1ccccn1.Nc1ccccn1. The lowest BCUT2D eigenvalue weighted by atomic mass is 10.4. The fourth-order valence-electron chi connectivity index (χ4n) is 0.824. The molecular formula is C11H13N3. The van der Waals surface area contributed by atoms with E-state index in [2.05, 4.69) is 9.97 Å². The van der Waals surface area contributed by atoms with Crippen LogP contribution in [0.3, 0.4) is 0 Å². The molecule has 0 aliphatic heterocycles.